The van der Waals surface area contributed by atoms with E-state index in [-0.39, 0.29) is 11.8 Å². The van der Waals surface area contributed by atoms with Gasteiger partial charge >= 0.3 is 5.97 Å². The SMILES string of the molecule is CCN(CCC(=O)O)Cc1ncc(C(C)(C)C)o1. The predicted molar refractivity (Wildman–Crippen MR) is 68.4 cm³/mol. The minimum atomic E-state index is -0.781. The summed E-state index contributed by atoms with van der Waals surface area (Å²) in [6.45, 7) is 10.0. The van der Waals surface area contributed by atoms with Crippen molar-refractivity contribution in [2.45, 2.75) is 46.1 Å². The number of aliphatic carboxylic acids is 1. The topological polar surface area (TPSA) is 66.6 Å². The van der Waals surface area contributed by atoms with Gasteiger partial charge in [-0.15, -0.1) is 0 Å². The number of hydrogen-bond donors (Lipinski definition) is 1. The monoisotopic (exact) mass is 254 g/mol. The van der Waals surface area contributed by atoms with E-state index in [2.05, 4.69) is 25.8 Å². The highest BCUT2D eigenvalue weighted by atomic mass is 16.4. The molecule has 0 aliphatic carbocycles. The lowest BCUT2D eigenvalue weighted by Crippen LogP contribution is -2.25. The molecule has 0 saturated heterocycles. The smallest absolute Gasteiger partial charge is 0.304 e. The van der Waals surface area contributed by atoms with E-state index in [0.29, 0.717) is 19.0 Å². The lowest BCUT2D eigenvalue weighted by Gasteiger charge is -2.17. The first-order chi connectivity index (χ1) is 8.32. The second-order valence-electron chi connectivity index (χ2n) is 5.38. The molecule has 102 valence electrons. The van der Waals surface area contributed by atoms with Crippen LogP contribution in [0.5, 0.6) is 0 Å². The third-order valence-corrected chi connectivity index (χ3v) is 2.74. The molecule has 1 heterocycles. The molecule has 5 nitrogen and oxygen atoms in total. The van der Waals surface area contributed by atoms with Crippen molar-refractivity contribution in [3.63, 3.8) is 0 Å². The number of carboxylic acid groups (broad SMARTS) is 1. The van der Waals surface area contributed by atoms with Crippen molar-refractivity contribution in [3.8, 4) is 0 Å². The van der Waals surface area contributed by atoms with Crippen LogP contribution in [0.1, 0.15) is 45.8 Å². The molecule has 1 aromatic rings. The van der Waals surface area contributed by atoms with E-state index in [1.165, 1.54) is 0 Å². The quantitative estimate of drug-likeness (QED) is 0.843. The maximum absolute atomic E-state index is 10.5. The minimum Gasteiger partial charge on any atom is -0.481 e. The Morgan fingerprint density at radius 2 is 2.17 bits per heavy atom. The number of carbonyl (C=O) groups is 1. The average molecular weight is 254 g/mol. The maximum Gasteiger partial charge on any atom is 0.304 e. The van der Waals surface area contributed by atoms with Crippen LogP contribution < -0.4 is 0 Å². The van der Waals surface area contributed by atoms with E-state index in [9.17, 15) is 4.79 Å². The van der Waals surface area contributed by atoms with E-state index in [1.54, 1.807) is 6.20 Å². The van der Waals surface area contributed by atoms with Gasteiger partial charge in [0, 0.05) is 12.0 Å². The van der Waals surface area contributed by atoms with Crippen molar-refractivity contribution in [2.24, 2.45) is 0 Å². The first-order valence-electron chi connectivity index (χ1n) is 6.22. The van der Waals surface area contributed by atoms with Gasteiger partial charge in [0.2, 0.25) is 5.89 Å². The van der Waals surface area contributed by atoms with Crippen LogP contribution in [0, 0.1) is 0 Å². The summed E-state index contributed by atoms with van der Waals surface area (Å²) in [5, 5.41) is 8.67. The van der Waals surface area contributed by atoms with Crippen molar-refractivity contribution in [2.75, 3.05) is 13.1 Å². The summed E-state index contributed by atoms with van der Waals surface area (Å²) < 4.78 is 5.69. The van der Waals surface area contributed by atoms with E-state index in [4.69, 9.17) is 9.52 Å². The first-order valence-corrected chi connectivity index (χ1v) is 6.22. The molecule has 0 radical (unpaired) electrons. The molecule has 0 spiro atoms. The van der Waals surface area contributed by atoms with Crippen molar-refractivity contribution >= 4 is 5.97 Å². The van der Waals surface area contributed by atoms with Crippen molar-refractivity contribution in [1.82, 2.24) is 9.88 Å². The van der Waals surface area contributed by atoms with E-state index < -0.39 is 5.97 Å². The Morgan fingerprint density at radius 3 is 2.61 bits per heavy atom. The number of oxazole rings is 1. The van der Waals surface area contributed by atoms with Gasteiger partial charge in [-0.1, -0.05) is 27.7 Å². The molecule has 18 heavy (non-hydrogen) atoms. The van der Waals surface area contributed by atoms with Crippen molar-refractivity contribution < 1.29 is 14.3 Å². The highest BCUT2D eigenvalue weighted by molar-refractivity contribution is 5.66. The molecule has 1 N–H and O–H groups in total. The van der Waals surface area contributed by atoms with Crippen LogP contribution in [0.15, 0.2) is 10.6 Å². The molecule has 0 amide bonds. The number of aromatic nitrogens is 1. The lowest BCUT2D eigenvalue weighted by atomic mass is 9.94. The Balaban J connectivity index is 2.59. The Morgan fingerprint density at radius 1 is 1.50 bits per heavy atom. The number of nitrogens with zero attached hydrogens (tertiary/aromatic N) is 2. The van der Waals surface area contributed by atoms with E-state index in [0.717, 1.165) is 12.3 Å². The summed E-state index contributed by atoms with van der Waals surface area (Å²) in [6.07, 6.45) is 1.89. The summed E-state index contributed by atoms with van der Waals surface area (Å²) >= 11 is 0. The summed E-state index contributed by atoms with van der Waals surface area (Å²) in [6, 6.07) is 0. The third-order valence-electron chi connectivity index (χ3n) is 2.74. The fourth-order valence-corrected chi connectivity index (χ4v) is 1.52. The van der Waals surface area contributed by atoms with Gasteiger partial charge in [0.1, 0.15) is 5.76 Å². The summed E-state index contributed by atoms with van der Waals surface area (Å²) in [5.41, 5.74) is -0.0522. The minimum absolute atomic E-state index is 0.0522. The number of carboxylic acids is 1. The number of rotatable bonds is 6. The molecule has 0 saturated carbocycles. The van der Waals surface area contributed by atoms with Gasteiger partial charge in [-0.2, -0.15) is 0 Å². The Labute approximate surface area is 108 Å². The number of hydrogen-bond acceptors (Lipinski definition) is 4. The van der Waals surface area contributed by atoms with E-state index in [1.807, 2.05) is 11.8 Å². The second kappa shape index (κ2) is 6.00. The summed E-state index contributed by atoms with van der Waals surface area (Å²) in [5.74, 6) is 0.718. The molecule has 0 atom stereocenters. The Hall–Kier alpha value is -1.36. The van der Waals surface area contributed by atoms with Crippen LogP contribution in [0.4, 0.5) is 0 Å². The van der Waals surface area contributed by atoms with Gasteiger partial charge in [0.05, 0.1) is 19.2 Å². The highest BCUT2D eigenvalue weighted by Crippen LogP contribution is 2.23. The van der Waals surface area contributed by atoms with Gasteiger partial charge in [-0.3, -0.25) is 9.69 Å². The van der Waals surface area contributed by atoms with Gasteiger partial charge in [0.25, 0.3) is 0 Å². The van der Waals surface area contributed by atoms with Gasteiger partial charge in [-0.25, -0.2) is 4.98 Å². The fraction of sp³-hybridized carbons (Fsp3) is 0.692. The largest absolute Gasteiger partial charge is 0.481 e. The zero-order chi connectivity index (χ0) is 13.8. The second-order valence-corrected chi connectivity index (χ2v) is 5.38. The average Bonchev–Trinajstić information content (AvgIpc) is 2.71. The van der Waals surface area contributed by atoms with E-state index >= 15 is 0 Å². The molecule has 0 aliphatic rings. The fourth-order valence-electron chi connectivity index (χ4n) is 1.52. The molecule has 0 aliphatic heterocycles. The molecule has 0 bridgehead atoms. The molecular formula is C13H22N2O3. The van der Waals surface area contributed by atoms with Gasteiger partial charge < -0.3 is 9.52 Å². The molecule has 0 fully saturated rings. The molecular weight excluding hydrogens is 232 g/mol. The Kier molecular flexibility index (Phi) is 4.90. The third kappa shape index (κ3) is 4.49. The normalized spacial score (nSPS) is 12.1. The lowest BCUT2D eigenvalue weighted by molar-refractivity contribution is -0.137. The van der Waals surface area contributed by atoms with Crippen molar-refractivity contribution in [3.05, 3.63) is 17.8 Å². The zero-order valence-corrected chi connectivity index (χ0v) is 11.6. The summed E-state index contributed by atoms with van der Waals surface area (Å²) in [7, 11) is 0. The Bertz CT molecular complexity index is 393. The molecule has 5 heteroatoms. The van der Waals surface area contributed by atoms with Crippen LogP contribution in [0.2, 0.25) is 0 Å². The summed E-state index contributed by atoms with van der Waals surface area (Å²) in [4.78, 5) is 16.8. The van der Waals surface area contributed by atoms with Crippen LogP contribution in [-0.4, -0.2) is 34.0 Å². The van der Waals surface area contributed by atoms with Crippen LogP contribution in [0.3, 0.4) is 0 Å². The van der Waals surface area contributed by atoms with Crippen LogP contribution in [0.25, 0.3) is 0 Å². The molecule has 1 rings (SSSR count). The maximum atomic E-state index is 10.5. The van der Waals surface area contributed by atoms with Crippen LogP contribution >= 0.6 is 0 Å². The predicted octanol–water partition coefficient (Wildman–Crippen LogP) is 2.27. The zero-order valence-electron chi connectivity index (χ0n) is 11.6. The standard InChI is InChI=1S/C13H22N2O3/c1-5-15(7-6-12(16)17)9-11-14-8-10(18-11)13(2,3)4/h8H,5-7,9H2,1-4H3,(H,16,17). The van der Waals surface area contributed by atoms with Crippen molar-refractivity contribution in [1.29, 1.82) is 0 Å². The van der Waals surface area contributed by atoms with Crippen LogP contribution in [-0.2, 0) is 16.8 Å². The van der Waals surface area contributed by atoms with Gasteiger partial charge in [-0.05, 0) is 6.54 Å². The van der Waals surface area contributed by atoms with Gasteiger partial charge in [0.15, 0.2) is 0 Å². The highest BCUT2D eigenvalue weighted by Gasteiger charge is 2.19. The molecule has 1 aromatic heterocycles. The first kappa shape index (κ1) is 14.7. The molecule has 0 aromatic carbocycles. The molecule has 0 unspecified atom stereocenters.